The molecule has 1 aliphatic heterocycles. The molecule has 212 valence electrons. The Labute approximate surface area is 262 Å². The second-order valence-corrected chi connectivity index (χ2v) is 11.7. The summed E-state index contributed by atoms with van der Waals surface area (Å²) in [5.41, 5.74) is 10.0. The molecule has 0 saturated carbocycles. The van der Waals surface area contributed by atoms with Crippen LogP contribution >= 0.6 is 0 Å². The lowest BCUT2D eigenvalue weighted by atomic mass is 9.63. The zero-order chi connectivity index (χ0) is 29.8. The summed E-state index contributed by atoms with van der Waals surface area (Å²) in [4.78, 5) is 0. The Bertz CT molecular complexity index is 2260. The van der Waals surface area contributed by atoms with Gasteiger partial charge in [0.05, 0.1) is 16.4 Å². The Hall–Kier alpha value is -5.86. The van der Waals surface area contributed by atoms with Crippen LogP contribution in [-0.2, 0) is 5.41 Å². The average molecular weight is 576 g/mol. The van der Waals surface area contributed by atoms with Crippen molar-refractivity contribution in [1.29, 1.82) is 0 Å². The number of hydrogen-bond donors (Lipinski definition) is 0. The smallest absolute Gasteiger partial charge is 0.132 e. The van der Waals surface area contributed by atoms with E-state index in [2.05, 4.69) is 180 Å². The summed E-state index contributed by atoms with van der Waals surface area (Å²) in [6.45, 7) is 0. The molecule has 2 heterocycles. The molecule has 2 nitrogen and oxygen atoms in total. The van der Waals surface area contributed by atoms with Crippen LogP contribution in [0.5, 0.6) is 11.5 Å². The topological polar surface area (TPSA) is 14.2 Å². The van der Waals surface area contributed by atoms with Gasteiger partial charge >= 0.3 is 0 Å². The van der Waals surface area contributed by atoms with Crippen LogP contribution in [-0.4, -0.2) is 4.57 Å². The standard InChI is InChI=1S/C43H29NO/c1-3-15-32(16-4-1)43(33-17-5-2-6-18-33)37-22-9-12-25-41(37)45-42-27-26-31(29-38(42)43)30-14-13-19-34(28-30)44-39-23-10-7-20-35(39)36-21-8-11-24-40(36)44/h1-29H. The van der Waals surface area contributed by atoms with Gasteiger partial charge in [0.2, 0.25) is 0 Å². The van der Waals surface area contributed by atoms with Gasteiger partial charge in [-0.05, 0) is 64.7 Å². The minimum atomic E-state index is -0.548. The van der Waals surface area contributed by atoms with E-state index in [0.717, 1.165) is 39.4 Å². The molecule has 0 unspecified atom stereocenters. The van der Waals surface area contributed by atoms with Gasteiger partial charge in [0.25, 0.3) is 0 Å². The molecule has 0 saturated heterocycles. The first-order valence-electron chi connectivity index (χ1n) is 15.4. The summed E-state index contributed by atoms with van der Waals surface area (Å²) < 4.78 is 9.02. The Morgan fingerprint density at radius 3 is 1.64 bits per heavy atom. The SMILES string of the molecule is c1ccc(C2(c3ccccc3)c3ccccc3Oc3ccc(-c4cccc(-n5c6ccccc6c6ccccc65)c4)cc32)cc1. The zero-order valence-electron chi connectivity index (χ0n) is 24.6. The monoisotopic (exact) mass is 575 g/mol. The Balaban J connectivity index is 1.29. The van der Waals surface area contributed by atoms with Crippen molar-refractivity contribution in [2.24, 2.45) is 0 Å². The number of aromatic nitrogens is 1. The van der Waals surface area contributed by atoms with Crippen LogP contribution in [0, 0.1) is 0 Å². The third kappa shape index (κ3) is 3.82. The van der Waals surface area contributed by atoms with E-state index in [1.54, 1.807) is 0 Å². The van der Waals surface area contributed by atoms with Gasteiger partial charge in [0.15, 0.2) is 0 Å². The van der Waals surface area contributed by atoms with Gasteiger partial charge in [-0.25, -0.2) is 0 Å². The lowest BCUT2D eigenvalue weighted by molar-refractivity contribution is 0.434. The van der Waals surface area contributed by atoms with Crippen LogP contribution in [0.2, 0.25) is 0 Å². The maximum atomic E-state index is 6.64. The number of fused-ring (bicyclic) bond motifs is 5. The lowest BCUT2D eigenvalue weighted by Crippen LogP contribution is -2.34. The van der Waals surface area contributed by atoms with Crippen LogP contribution in [0.15, 0.2) is 176 Å². The Morgan fingerprint density at radius 2 is 0.956 bits per heavy atom. The molecule has 0 bridgehead atoms. The highest BCUT2D eigenvalue weighted by Crippen LogP contribution is 2.55. The number of nitrogens with zero attached hydrogens (tertiary/aromatic N) is 1. The van der Waals surface area contributed by atoms with Crippen molar-refractivity contribution in [3.63, 3.8) is 0 Å². The van der Waals surface area contributed by atoms with Gasteiger partial charge in [-0.1, -0.05) is 133 Å². The van der Waals surface area contributed by atoms with Crippen LogP contribution in [0.3, 0.4) is 0 Å². The molecule has 0 radical (unpaired) electrons. The summed E-state index contributed by atoms with van der Waals surface area (Å²) in [5, 5.41) is 2.53. The number of para-hydroxylation sites is 3. The second-order valence-electron chi connectivity index (χ2n) is 11.7. The van der Waals surface area contributed by atoms with Gasteiger partial charge in [0.1, 0.15) is 11.5 Å². The van der Waals surface area contributed by atoms with Gasteiger partial charge in [-0.3, -0.25) is 0 Å². The zero-order valence-corrected chi connectivity index (χ0v) is 24.6. The molecule has 8 aromatic rings. The number of rotatable bonds is 4. The fraction of sp³-hybridized carbons (Fsp3) is 0.0233. The molecule has 0 aliphatic carbocycles. The minimum absolute atomic E-state index is 0.548. The molecule has 0 amide bonds. The summed E-state index contributed by atoms with van der Waals surface area (Å²) in [7, 11) is 0. The molecular formula is C43H29NO. The maximum absolute atomic E-state index is 6.64. The number of hydrogen-bond acceptors (Lipinski definition) is 1. The van der Waals surface area contributed by atoms with Crippen molar-refractivity contribution >= 4 is 21.8 Å². The van der Waals surface area contributed by atoms with E-state index in [1.165, 1.54) is 32.9 Å². The molecule has 0 spiro atoms. The van der Waals surface area contributed by atoms with Crippen LogP contribution < -0.4 is 4.74 Å². The Kier molecular flexibility index (Phi) is 5.76. The average Bonchev–Trinajstić information content (AvgIpc) is 3.46. The molecule has 0 fully saturated rings. The predicted octanol–water partition coefficient (Wildman–Crippen LogP) is 10.9. The van der Waals surface area contributed by atoms with E-state index < -0.39 is 5.41 Å². The minimum Gasteiger partial charge on any atom is -0.457 e. The molecule has 1 aliphatic rings. The third-order valence-electron chi connectivity index (χ3n) is 9.33. The molecule has 1 aromatic heterocycles. The van der Waals surface area contributed by atoms with Crippen LogP contribution in [0.1, 0.15) is 22.3 Å². The van der Waals surface area contributed by atoms with E-state index in [-0.39, 0.29) is 0 Å². The summed E-state index contributed by atoms with van der Waals surface area (Å²) in [6.07, 6.45) is 0. The predicted molar refractivity (Wildman–Crippen MR) is 185 cm³/mol. The Morgan fingerprint density at radius 1 is 0.400 bits per heavy atom. The summed E-state index contributed by atoms with van der Waals surface area (Å²) in [5.74, 6) is 1.77. The van der Waals surface area contributed by atoms with Crippen molar-refractivity contribution in [1.82, 2.24) is 4.57 Å². The third-order valence-corrected chi connectivity index (χ3v) is 9.33. The second kappa shape index (κ2) is 10.1. The normalized spacial score (nSPS) is 13.2. The number of ether oxygens (including phenoxy) is 1. The first kappa shape index (κ1) is 25.6. The maximum Gasteiger partial charge on any atom is 0.132 e. The van der Waals surface area contributed by atoms with Crippen molar-refractivity contribution in [2.75, 3.05) is 0 Å². The highest BCUT2D eigenvalue weighted by molar-refractivity contribution is 6.09. The fourth-order valence-electron chi connectivity index (χ4n) is 7.41. The van der Waals surface area contributed by atoms with Crippen LogP contribution in [0.25, 0.3) is 38.6 Å². The highest BCUT2D eigenvalue weighted by Gasteiger charge is 2.45. The van der Waals surface area contributed by atoms with E-state index >= 15 is 0 Å². The van der Waals surface area contributed by atoms with Crippen molar-refractivity contribution < 1.29 is 4.74 Å². The summed E-state index contributed by atoms with van der Waals surface area (Å²) >= 11 is 0. The first-order valence-corrected chi connectivity index (χ1v) is 15.4. The van der Waals surface area contributed by atoms with Crippen molar-refractivity contribution in [3.8, 4) is 28.3 Å². The van der Waals surface area contributed by atoms with E-state index in [4.69, 9.17) is 4.74 Å². The lowest BCUT2D eigenvalue weighted by Gasteiger charge is -2.41. The quantitative estimate of drug-likeness (QED) is 0.204. The van der Waals surface area contributed by atoms with Gasteiger partial charge in [-0.15, -0.1) is 0 Å². The van der Waals surface area contributed by atoms with Gasteiger partial charge in [0, 0.05) is 27.6 Å². The molecule has 0 N–H and O–H groups in total. The molecule has 7 aromatic carbocycles. The molecule has 9 rings (SSSR count). The van der Waals surface area contributed by atoms with Gasteiger partial charge in [-0.2, -0.15) is 0 Å². The van der Waals surface area contributed by atoms with Crippen molar-refractivity contribution in [2.45, 2.75) is 5.41 Å². The number of benzene rings is 7. The van der Waals surface area contributed by atoms with E-state index in [0.29, 0.717) is 0 Å². The first-order chi connectivity index (χ1) is 22.3. The highest BCUT2D eigenvalue weighted by atomic mass is 16.5. The van der Waals surface area contributed by atoms with Crippen molar-refractivity contribution in [3.05, 3.63) is 198 Å². The molecule has 2 heteroatoms. The fourth-order valence-corrected chi connectivity index (χ4v) is 7.41. The van der Waals surface area contributed by atoms with Gasteiger partial charge < -0.3 is 9.30 Å². The molecule has 0 atom stereocenters. The van der Waals surface area contributed by atoms with E-state index in [9.17, 15) is 0 Å². The summed E-state index contributed by atoms with van der Waals surface area (Å²) in [6, 6.07) is 63.1. The molecule has 45 heavy (non-hydrogen) atoms. The molecular weight excluding hydrogens is 546 g/mol. The van der Waals surface area contributed by atoms with E-state index in [1.807, 2.05) is 0 Å². The van der Waals surface area contributed by atoms with Crippen LogP contribution in [0.4, 0.5) is 0 Å². The largest absolute Gasteiger partial charge is 0.457 e.